The Morgan fingerprint density at radius 2 is 1.58 bits per heavy atom. The first kappa shape index (κ1) is 13.1. The maximum atomic E-state index is 12.3. The van der Waals surface area contributed by atoms with Crippen LogP contribution in [0.15, 0.2) is 64.4 Å². The number of carbonyl (C=O) groups is 1. The minimum atomic E-state index is -3.59. The molecule has 0 aliphatic rings. The van der Waals surface area contributed by atoms with Gasteiger partial charge in [0.2, 0.25) is 9.84 Å². The molecule has 6 heteroatoms. The van der Waals surface area contributed by atoms with Crippen LogP contribution in [0.2, 0.25) is 0 Å². The smallest absolute Gasteiger partial charge is 0.316 e. The van der Waals surface area contributed by atoms with Crippen molar-refractivity contribution in [3.8, 4) is 0 Å². The third-order valence-corrected chi connectivity index (χ3v) is 4.23. The molecule has 0 bridgehead atoms. The maximum Gasteiger partial charge on any atom is 0.316 e. The summed E-state index contributed by atoms with van der Waals surface area (Å²) in [6.07, 6.45) is 0. The number of carbonyl (C=O) groups excluding carboxylic acids is 1. The lowest BCUT2D eigenvalue weighted by Crippen LogP contribution is -2.19. The molecule has 0 aromatic heterocycles. The Bertz CT molecular complexity index is 697. The summed E-state index contributed by atoms with van der Waals surface area (Å²) in [6, 6.07) is 13.3. The number of hydrogen-bond donors (Lipinski definition) is 2. The van der Waals surface area contributed by atoms with Crippen molar-refractivity contribution in [3.63, 3.8) is 0 Å². The molecule has 2 aromatic rings. The van der Waals surface area contributed by atoms with Crippen molar-refractivity contribution in [2.75, 3.05) is 5.32 Å². The maximum absolute atomic E-state index is 12.3. The topological polar surface area (TPSA) is 89.3 Å². The van der Waals surface area contributed by atoms with Crippen LogP contribution in [0.1, 0.15) is 0 Å². The largest absolute Gasteiger partial charge is 0.351 e. The van der Waals surface area contributed by atoms with Gasteiger partial charge >= 0.3 is 6.03 Å². The summed E-state index contributed by atoms with van der Waals surface area (Å²) in [5, 5.41) is 2.34. The van der Waals surface area contributed by atoms with Gasteiger partial charge in [0.1, 0.15) is 0 Å². The van der Waals surface area contributed by atoms with Gasteiger partial charge in [0.05, 0.1) is 9.79 Å². The molecule has 0 fully saturated rings. The summed E-state index contributed by atoms with van der Waals surface area (Å²) >= 11 is 0. The first-order valence-electron chi connectivity index (χ1n) is 5.47. The molecule has 98 valence electrons. The third kappa shape index (κ3) is 2.92. The Morgan fingerprint density at radius 3 is 2.21 bits per heavy atom. The molecule has 19 heavy (non-hydrogen) atoms. The van der Waals surface area contributed by atoms with Gasteiger partial charge in [-0.3, -0.25) is 0 Å². The number of sulfone groups is 1. The summed E-state index contributed by atoms with van der Waals surface area (Å²) in [5.74, 6) is 0. The monoisotopic (exact) mass is 276 g/mol. The molecule has 0 radical (unpaired) electrons. The molecule has 2 amide bonds. The lowest BCUT2D eigenvalue weighted by Gasteiger charge is -2.07. The van der Waals surface area contributed by atoms with Gasteiger partial charge in [-0.1, -0.05) is 24.3 Å². The lowest BCUT2D eigenvalue weighted by molar-refractivity contribution is 0.259. The SMILES string of the molecule is NC(=O)Nc1cccc(S(=O)(=O)c2ccccc2)c1. The molecule has 2 rings (SSSR count). The van der Waals surface area contributed by atoms with Crippen LogP contribution in [-0.4, -0.2) is 14.4 Å². The van der Waals surface area contributed by atoms with Gasteiger partial charge in [0, 0.05) is 5.69 Å². The Labute approximate surface area is 111 Å². The van der Waals surface area contributed by atoms with E-state index in [2.05, 4.69) is 5.32 Å². The van der Waals surface area contributed by atoms with Crippen LogP contribution in [0.3, 0.4) is 0 Å². The predicted molar refractivity (Wildman–Crippen MR) is 71.5 cm³/mol. The molecular weight excluding hydrogens is 264 g/mol. The van der Waals surface area contributed by atoms with E-state index in [1.54, 1.807) is 30.3 Å². The van der Waals surface area contributed by atoms with E-state index < -0.39 is 15.9 Å². The van der Waals surface area contributed by atoms with Gasteiger partial charge in [-0.2, -0.15) is 0 Å². The van der Waals surface area contributed by atoms with Gasteiger partial charge in [-0.15, -0.1) is 0 Å². The van der Waals surface area contributed by atoms with E-state index in [0.29, 0.717) is 5.69 Å². The molecule has 0 unspecified atom stereocenters. The second kappa shape index (κ2) is 5.11. The number of nitrogens with two attached hydrogens (primary N) is 1. The fourth-order valence-corrected chi connectivity index (χ4v) is 2.95. The number of urea groups is 1. The van der Waals surface area contributed by atoms with Gasteiger partial charge in [-0.05, 0) is 30.3 Å². The first-order valence-corrected chi connectivity index (χ1v) is 6.95. The van der Waals surface area contributed by atoms with Crippen LogP contribution >= 0.6 is 0 Å². The van der Waals surface area contributed by atoms with Crippen LogP contribution < -0.4 is 11.1 Å². The van der Waals surface area contributed by atoms with Crippen molar-refractivity contribution in [2.45, 2.75) is 9.79 Å². The van der Waals surface area contributed by atoms with Crippen molar-refractivity contribution in [1.29, 1.82) is 0 Å². The quantitative estimate of drug-likeness (QED) is 0.898. The number of nitrogens with one attached hydrogen (secondary N) is 1. The van der Waals surface area contributed by atoms with Crippen LogP contribution in [0.25, 0.3) is 0 Å². The lowest BCUT2D eigenvalue weighted by atomic mass is 10.3. The van der Waals surface area contributed by atoms with Crippen LogP contribution in [0.4, 0.5) is 10.5 Å². The Hall–Kier alpha value is -2.34. The second-order valence-corrected chi connectivity index (χ2v) is 5.78. The molecule has 2 aromatic carbocycles. The summed E-state index contributed by atoms with van der Waals surface area (Å²) in [4.78, 5) is 11.1. The number of amides is 2. The average molecular weight is 276 g/mol. The standard InChI is InChI=1S/C13H12N2O3S/c14-13(16)15-10-5-4-8-12(9-10)19(17,18)11-6-2-1-3-7-11/h1-9H,(H3,14,15,16). The van der Waals surface area contributed by atoms with E-state index in [9.17, 15) is 13.2 Å². The summed E-state index contributed by atoms with van der Waals surface area (Å²) in [5.41, 5.74) is 5.33. The van der Waals surface area contributed by atoms with Crippen molar-refractivity contribution < 1.29 is 13.2 Å². The number of primary amides is 1. The first-order chi connectivity index (χ1) is 9.00. The summed E-state index contributed by atoms with van der Waals surface area (Å²) in [7, 11) is -3.59. The Morgan fingerprint density at radius 1 is 0.947 bits per heavy atom. The fraction of sp³-hybridized carbons (Fsp3) is 0. The molecule has 3 N–H and O–H groups in total. The Kier molecular flexibility index (Phi) is 3.52. The summed E-state index contributed by atoms with van der Waals surface area (Å²) in [6.45, 7) is 0. The zero-order valence-electron chi connectivity index (χ0n) is 9.91. The summed E-state index contributed by atoms with van der Waals surface area (Å²) < 4.78 is 24.7. The van der Waals surface area contributed by atoms with E-state index in [4.69, 9.17) is 5.73 Å². The van der Waals surface area contributed by atoms with Crippen molar-refractivity contribution >= 4 is 21.6 Å². The molecule has 5 nitrogen and oxygen atoms in total. The van der Waals surface area contributed by atoms with E-state index in [1.807, 2.05) is 0 Å². The predicted octanol–water partition coefficient (Wildman–Crippen LogP) is 2.01. The number of hydrogen-bond acceptors (Lipinski definition) is 3. The van der Waals surface area contributed by atoms with Crippen molar-refractivity contribution in [3.05, 3.63) is 54.6 Å². The highest BCUT2D eigenvalue weighted by molar-refractivity contribution is 7.91. The van der Waals surface area contributed by atoms with E-state index in [-0.39, 0.29) is 9.79 Å². The van der Waals surface area contributed by atoms with Gasteiger partial charge in [0.25, 0.3) is 0 Å². The average Bonchev–Trinajstić information content (AvgIpc) is 2.39. The molecule has 0 heterocycles. The van der Waals surface area contributed by atoms with Crippen LogP contribution in [-0.2, 0) is 9.84 Å². The molecule has 0 aliphatic carbocycles. The number of benzene rings is 2. The zero-order chi connectivity index (χ0) is 13.9. The normalized spacial score (nSPS) is 10.9. The van der Waals surface area contributed by atoms with Crippen molar-refractivity contribution in [1.82, 2.24) is 0 Å². The van der Waals surface area contributed by atoms with Gasteiger partial charge < -0.3 is 11.1 Å². The zero-order valence-corrected chi connectivity index (χ0v) is 10.7. The minimum Gasteiger partial charge on any atom is -0.351 e. The van der Waals surface area contributed by atoms with Gasteiger partial charge in [-0.25, -0.2) is 13.2 Å². The molecule has 0 spiro atoms. The molecule has 0 aliphatic heterocycles. The van der Waals surface area contributed by atoms with Gasteiger partial charge in [0.15, 0.2) is 0 Å². The molecular formula is C13H12N2O3S. The van der Waals surface area contributed by atoms with E-state index >= 15 is 0 Å². The molecule has 0 saturated carbocycles. The highest BCUT2D eigenvalue weighted by Gasteiger charge is 2.17. The minimum absolute atomic E-state index is 0.102. The van der Waals surface area contributed by atoms with E-state index in [0.717, 1.165) is 0 Å². The second-order valence-electron chi connectivity index (χ2n) is 3.83. The van der Waals surface area contributed by atoms with Crippen molar-refractivity contribution in [2.24, 2.45) is 5.73 Å². The van der Waals surface area contributed by atoms with Crippen LogP contribution in [0, 0.1) is 0 Å². The number of anilines is 1. The van der Waals surface area contributed by atoms with Crippen LogP contribution in [0.5, 0.6) is 0 Å². The fourth-order valence-electron chi connectivity index (χ4n) is 1.62. The highest BCUT2D eigenvalue weighted by Crippen LogP contribution is 2.22. The Balaban J connectivity index is 2.44. The molecule has 0 atom stereocenters. The third-order valence-electron chi connectivity index (χ3n) is 2.47. The molecule has 0 saturated heterocycles. The van der Waals surface area contributed by atoms with E-state index in [1.165, 1.54) is 24.3 Å². The number of rotatable bonds is 3. The highest BCUT2D eigenvalue weighted by atomic mass is 32.2.